The number of benzene rings is 1. The molecule has 0 aliphatic rings. The molecule has 1 amide bonds. The maximum atomic E-state index is 13.1. The average Bonchev–Trinajstić information content (AvgIpc) is 3.18. The summed E-state index contributed by atoms with van der Waals surface area (Å²) >= 11 is 0. The Morgan fingerprint density at radius 2 is 1.91 bits per heavy atom. The van der Waals surface area contributed by atoms with Crippen molar-refractivity contribution in [2.45, 2.75) is 6.54 Å². The fraction of sp³-hybridized carbons (Fsp3) is 0.0625. The van der Waals surface area contributed by atoms with Gasteiger partial charge in [-0.2, -0.15) is 0 Å². The molecule has 112 valence electrons. The van der Waals surface area contributed by atoms with Gasteiger partial charge >= 0.3 is 0 Å². The summed E-state index contributed by atoms with van der Waals surface area (Å²) in [6.07, 6.45) is 1.53. The molecule has 0 spiro atoms. The molecule has 3 aromatic rings. The van der Waals surface area contributed by atoms with E-state index in [4.69, 9.17) is 8.83 Å². The summed E-state index contributed by atoms with van der Waals surface area (Å²) in [7, 11) is 0. The number of carbonyl (C=O) groups excluding carboxylic acids is 1. The molecule has 0 aliphatic heterocycles. The maximum Gasteiger partial charge on any atom is 0.251 e. The minimum atomic E-state index is -1.06. The Labute approximate surface area is 124 Å². The van der Waals surface area contributed by atoms with E-state index in [1.807, 2.05) is 0 Å². The highest BCUT2D eigenvalue weighted by molar-refractivity contribution is 5.94. The lowest BCUT2D eigenvalue weighted by atomic mass is 10.2. The Hall–Kier alpha value is -2.89. The van der Waals surface area contributed by atoms with E-state index in [0.29, 0.717) is 17.3 Å². The number of hydrogen-bond acceptors (Lipinski definition) is 3. The van der Waals surface area contributed by atoms with Gasteiger partial charge in [0.15, 0.2) is 23.2 Å². The van der Waals surface area contributed by atoms with Crippen LogP contribution in [0.25, 0.3) is 11.5 Å². The molecule has 1 N–H and O–H groups in total. The minimum Gasteiger partial charge on any atom is -0.461 e. The Morgan fingerprint density at radius 3 is 2.64 bits per heavy atom. The lowest BCUT2D eigenvalue weighted by Gasteiger charge is -2.03. The molecule has 0 bridgehead atoms. The second kappa shape index (κ2) is 5.85. The van der Waals surface area contributed by atoms with E-state index in [1.54, 1.807) is 24.3 Å². The van der Waals surface area contributed by atoms with Crippen molar-refractivity contribution in [2.75, 3.05) is 0 Å². The number of amides is 1. The minimum absolute atomic E-state index is 0.0386. The van der Waals surface area contributed by atoms with Gasteiger partial charge in [0.05, 0.1) is 12.8 Å². The fourth-order valence-electron chi connectivity index (χ4n) is 1.93. The molecule has 4 nitrogen and oxygen atoms in total. The third kappa shape index (κ3) is 2.90. The van der Waals surface area contributed by atoms with Crippen molar-refractivity contribution in [1.82, 2.24) is 5.32 Å². The molecule has 2 heterocycles. The van der Waals surface area contributed by atoms with Crippen LogP contribution in [0.15, 0.2) is 57.6 Å². The first-order valence-corrected chi connectivity index (χ1v) is 6.49. The standard InChI is InChI=1S/C16H11F2NO3/c17-12-5-3-10(8-13(12)18)16(20)19-9-11-4-6-15(22-11)14-2-1-7-21-14/h1-8H,9H2,(H,19,20). The molecule has 0 radical (unpaired) electrons. The van der Waals surface area contributed by atoms with Crippen LogP contribution in [-0.2, 0) is 6.54 Å². The van der Waals surface area contributed by atoms with Crippen molar-refractivity contribution in [3.8, 4) is 11.5 Å². The second-order valence-electron chi connectivity index (χ2n) is 4.55. The van der Waals surface area contributed by atoms with E-state index in [1.165, 1.54) is 12.3 Å². The summed E-state index contributed by atoms with van der Waals surface area (Å²) in [6.45, 7) is 0.124. The molecule has 0 unspecified atom stereocenters. The number of halogens is 2. The summed E-state index contributed by atoms with van der Waals surface area (Å²) in [6, 6.07) is 9.88. The van der Waals surface area contributed by atoms with Gasteiger partial charge in [-0.1, -0.05) is 0 Å². The van der Waals surface area contributed by atoms with Gasteiger partial charge < -0.3 is 14.2 Å². The average molecular weight is 303 g/mol. The first-order valence-electron chi connectivity index (χ1n) is 6.49. The van der Waals surface area contributed by atoms with Gasteiger partial charge in [0, 0.05) is 5.56 Å². The monoisotopic (exact) mass is 303 g/mol. The molecular weight excluding hydrogens is 292 g/mol. The smallest absolute Gasteiger partial charge is 0.251 e. The molecule has 0 saturated heterocycles. The predicted molar refractivity (Wildman–Crippen MR) is 73.9 cm³/mol. The Morgan fingerprint density at radius 1 is 1.05 bits per heavy atom. The second-order valence-corrected chi connectivity index (χ2v) is 4.55. The molecule has 0 fully saturated rings. The van der Waals surface area contributed by atoms with Crippen LogP contribution in [0, 0.1) is 11.6 Å². The van der Waals surface area contributed by atoms with Crippen LogP contribution in [0.4, 0.5) is 8.78 Å². The Bertz CT molecular complexity index is 794. The number of furan rings is 2. The Kier molecular flexibility index (Phi) is 3.74. The van der Waals surface area contributed by atoms with E-state index in [2.05, 4.69) is 5.32 Å². The highest BCUT2D eigenvalue weighted by Crippen LogP contribution is 2.22. The lowest BCUT2D eigenvalue weighted by Crippen LogP contribution is -2.22. The first-order chi connectivity index (χ1) is 10.6. The van der Waals surface area contributed by atoms with Crippen LogP contribution in [-0.4, -0.2) is 5.91 Å². The van der Waals surface area contributed by atoms with Crippen LogP contribution in [0.1, 0.15) is 16.1 Å². The number of rotatable bonds is 4. The highest BCUT2D eigenvalue weighted by Gasteiger charge is 2.11. The normalized spacial score (nSPS) is 10.6. The van der Waals surface area contributed by atoms with Gasteiger partial charge in [-0.3, -0.25) is 4.79 Å². The van der Waals surface area contributed by atoms with Crippen LogP contribution in [0.5, 0.6) is 0 Å². The molecule has 1 aromatic carbocycles. The van der Waals surface area contributed by atoms with E-state index in [0.717, 1.165) is 12.1 Å². The number of carbonyl (C=O) groups is 1. The van der Waals surface area contributed by atoms with Crippen molar-refractivity contribution < 1.29 is 22.4 Å². The summed E-state index contributed by atoms with van der Waals surface area (Å²) < 4.78 is 36.6. The molecule has 0 atom stereocenters. The van der Waals surface area contributed by atoms with Crippen LogP contribution >= 0.6 is 0 Å². The molecular formula is C16H11F2NO3. The molecule has 3 rings (SSSR count). The number of hydrogen-bond donors (Lipinski definition) is 1. The third-order valence-electron chi connectivity index (χ3n) is 3.03. The molecule has 22 heavy (non-hydrogen) atoms. The Balaban J connectivity index is 1.65. The van der Waals surface area contributed by atoms with Gasteiger partial charge in [0.2, 0.25) is 0 Å². The van der Waals surface area contributed by atoms with Gasteiger partial charge in [0.1, 0.15) is 5.76 Å². The van der Waals surface area contributed by atoms with Crippen molar-refractivity contribution in [1.29, 1.82) is 0 Å². The van der Waals surface area contributed by atoms with E-state index < -0.39 is 17.5 Å². The molecule has 0 saturated carbocycles. The summed E-state index contributed by atoms with van der Waals surface area (Å²) in [4.78, 5) is 11.9. The summed E-state index contributed by atoms with van der Waals surface area (Å²) in [5, 5.41) is 2.57. The largest absolute Gasteiger partial charge is 0.461 e. The molecule has 2 aromatic heterocycles. The zero-order valence-electron chi connectivity index (χ0n) is 11.3. The van der Waals surface area contributed by atoms with Crippen molar-refractivity contribution in [3.63, 3.8) is 0 Å². The molecule has 0 aliphatic carbocycles. The van der Waals surface area contributed by atoms with Crippen molar-refractivity contribution >= 4 is 5.91 Å². The van der Waals surface area contributed by atoms with Crippen LogP contribution < -0.4 is 5.32 Å². The van der Waals surface area contributed by atoms with Gasteiger partial charge in [-0.25, -0.2) is 8.78 Å². The van der Waals surface area contributed by atoms with E-state index in [9.17, 15) is 13.6 Å². The van der Waals surface area contributed by atoms with Gasteiger partial charge in [-0.05, 0) is 42.5 Å². The van der Waals surface area contributed by atoms with Gasteiger partial charge in [0.25, 0.3) is 5.91 Å². The topological polar surface area (TPSA) is 55.4 Å². The van der Waals surface area contributed by atoms with Crippen LogP contribution in [0.2, 0.25) is 0 Å². The van der Waals surface area contributed by atoms with Gasteiger partial charge in [-0.15, -0.1) is 0 Å². The summed E-state index contributed by atoms with van der Waals surface area (Å²) in [5.74, 6) is -0.936. The molecule has 6 heteroatoms. The highest BCUT2D eigenvalue weighted by atomic mass is 19.2. The zero-order chi connectivity index (χ0) is 15.5. The quantitative estimate of drug-likeness (QED) is 0.798. The number of nitrogens with one attached hydrogen (secondary N) is 1. The van der Waals surface area contributed by atoms with Crippen molar-refractivity contribution in [2.24, 2.45) is 0 Å². The maximum absolute atomic E-state index is 13.1. The van der Waals surface area contributed by atoms with Crippen molar-refractivity contribution in [3.05, 3.63) is 71.7 Å². The summed E-state index contributed by atoms with van der Waals surface area (Å²) in [5.41, 5.74) is 0.0386. The zero-order valence-corrected chi connectivity index (χ0v) is 11.3. The van der Waals surface area contributed by atoms with E-state index >= 15 is 0 Å². The van der Waals surface area contributed by atoms with Crippen LogP contribution in [0.3, 0.4) is 0 Å². The first kappa shape index (κ1) is 14.1. The fourth-order valence-corrected chi connectivity index (χ4v) is 1.93. The predicted octanol–water partition coefficient (Wildman–Crippen LogP) is 3.75. The lowest BCUT2D eigenvalue weighted by molar-refractivity contribution is 0.0947. The van der Waals surface area contributed by atoms with E-state index in [-0.39, 0.29) is 12.1 Å². The SMILES string of the molecule is O=C(NCc1ccc(-c2ccco2)o1)c1ccc(F)c(F)c1. The third-order valence-corrected chi connectivity index (χ3v) is 3.03.